The van der Waals surface area contributed by atoms with E-state index >= 15 is 0 Å². The first kappa shape index (κ1) is 12.7. The van der Waals surface area contributed by atoms with E-state index in [0.29, 0.717) is 19.3 Å². The van der Waals surface area contributed by atoms with Crippen LogP contribution in [0, 0.1) is 0 Å². The number of likely N-dealkylation sites (N-methyl/N-ethyl adjacent to an activating group) is 1. The summed E-state index contributed by atoms with van der Waals surface area (Å²) in [6, 6.07) is -0.484. The van der Waals surface area contributed by atoms with Gasteiger partial charge < -0.3 is 5.11 Å². The maximum absolute atomic E-state index is 13.2. The molecule has 90 valence electrons. The van der Waals surface area contributed by atoms with Gasteiger partial charge in [0.25, 0.3) is 0 Å². The number of hydrogen-bond acceptors (Lipinski definition) is 2. The monoisotopic (exact) mass is 229 g/mol. The van der Waals surface area contributed by atoms with Gasteiger partial charge in [-0.1, -0.05) is 0 Å². The fraction of sp³-hybridized carbons (Fsp3) is 1.00. The molecule has 0 radical (unpaired) electrons. The van der Waals surface area contributed by atoms with Crippen LogP contribution in [0.25, 0.3) is 0 Å². The van der Waals surface area contributed by atoms with Gasteiger partial charge in [-0.25, -0.2) is 4.39 Å². The molecule has 0 aromatic heterocycles. The van der Waals surface area contributed by atoms with Crippen LogP contribution in [0.3, 0.4) is 0 Å². The highest BCUT2D eigenvalue weighted by Crippen LogP contribution is 2.27. The zero-order chi connectivity index (χ0) is 11.6. The Morgan fingerprint density at radius 1 is 1.40 bits per heavy atom. The number of nitrogens with zero attached hydrogens (tertiary/aromatic N) is 1. The average Bonchev–Trinajstić information content (AvgIpc) is 2.49. The maximum Gasteiger partial charge on any atom is 0.415 e. The summed E-state index contributed by atoms with van der Waals surface area (Å²) in [5, 5.41) is 8.81. The molecular weight excluding hydrogens is 214 g/mol. The summed E-state index contributed by atoms with van der Waals surface area (Å²) in [6.07, 6.45) is -6.44. The van der Waals surface area contributed by atoms with Gasteiger partial charge in [-0.15, -0.1) is 0 Å². The molecule has 15 heavy (non-hydrogen) atoms. The van der Waals surface area contributed by atoms with Crippen LogP contribution in [0.1, 0.15) is 19.3 Å². The molecule has 3 atom stereocenters. The van der Waals surface area contributed by atoms with Crippen molar-refractivity contribution in [2.45, 2.75) is 43.8 Å². The summed E-state index contributed by atoms with van der Waals surface area (Å²) in [5.74, 6) is 0. The van der Waals surface area contributed by atoms with Gasteiger partial charge in [0.05, 0.1) is 0 Å². The molecular formula is C9H15F4NO. The van der Waals surface area contributed by atoms with Gasteiger partial charge in [0.1, 0.15) is 6.17 Å². The van der Waals surface area contributed by atoms with Crippen molar-refractivity contribution in [3.63, 3.8) is 0 Å². The minimum atomic E-state index is -4.63. The Labute approximate surface area is 85.9 Å². The molecule has 2 nitrogen and oxygen atoms in total. The number of hydrogen-bond donors (Lipinski definition) is 1. The van der Waals surface area contributed by atoms with Gasteiger partial charge in [0, 0.05) is 12.6 Å². The molecule has 0 amide bonds. The van der Waals surface area contributed by atoms with Crippen molar-refractivity contribution in [2.24, 2.45) is 0 Å². The SMILES string of the molecule is CN(CC(O)C(F)(F)F)[C@@H]1CCC[C@H]1F. The second-order valence-corrected chi connectivity index (χ2v) is 4.01. The lowest BCUT2D eigenvalue weighted by Crippen LogP contribution is -2.45. The van der Waals surface area contributed by atoms with Gasteiger partial charge >= 0.3 is 6.18 Å². The molecule has 0 heterocycles. The second kappa shape index (κ2) is 4.65. The largest absolute Gasteiger partial charge is 0.415 e. The third-order valence-electron chi connectivity index (χ3n) is 2.80. The molecule has 1 saturated carbocycles. The molecule has 1 unspecified atom stereocenters. The molecule has 1 N–H and O–H groups in total. The summed E-state index contributed by atoms with van der Waals surface area (Å²) in [5.41, 5.74) is 0. The zero-order valence-electron chi connectivity index (χ0n) is 8.47. The van der Waals surface area contributed by atoms with Gasteiger partial charge in [0.15, 0.2) is 6.10 Å². The second-order valence-electron chi connectivity index (χ2n) is 4.01. The lowest BCUT2D eigenvalue weighted by atomic mass is 10.2. The molecule has 0 aliphatic heterocycles. The highest BCUT2D eigenvalue weighted by molar-refractivity contribution is 4.85. The smallest absolute Gasteiger partial charge is 0.382 e. The Morgan fingerprint density at radius 3 is 2.40 bits per heavy atom. The number of aliphatic hydroxyl groups excluding tert-OH is 1. The maximum atomic E-state index is 13.2. The first-order chi connectivity index (χ1) is 6.82. The summed E-state index contributed by atoms with van der Waals surface area (Å²) >= 11 is 0. The Kier molecular flexibility index (Phi) is 3.94. The molecule has 0 spiro atoms. The van der Waals surface area contributed by atoms with E-state index in [1.54, 1.807) is 0 Å². The zero-order valence-corrected chi connectivity index (χ0v) is 8.47. The first-order valence-electron chi connectivity index (χ1n) is 4.91. The van der Waals surface area contributed by atoms with Crippen LogP contribution < -0.4 is 0 Å². The molecule has 6 heteroatoms. The highest BCUT2D eigenvalue weighted by Gasteiger charge is 2.40. The Morgan fingerprint density at radius 2 is 2.00 bits per heavy atom. The van der Waals surface area contributed by atoms with Crippen molar-refractivity contribution in [1.82, 2.24) is 4.90 Å². The lowest BCUT2D eigenvalue weighted by molar-refractivity contribution is -0.208. The van der Waals surface area contributed by atoms with Gasteiger partial charge in [0.2, 0.25) is 0 Å². The van der Waals surface area contributed by atoms with E-state index in [0.717, 1.165) is 0 Å². The van der Waals surface area contributed by atoms with Crippen LogP contribution in [0.2, 0.25) is 0 Å². The van der Waals surface area contributed by atoms with E-state index in [4.69, 9.17) is 5.11 Å². The van der Waals surface area contributed by atoms with Crippen molar-refractivity contribution in [3.8, 4) is 0 Å². The Hall–Kier alpha value is -0.360. The molecule has 0 bridgehead atoms. The minimum absolute atomic E-state index is 0.400. The van der Waals surface area contributed by atoms with Gasteiger partial charge in [-0.3, -0.25) is 4.90 Å². The lowest BCUT2D eigenvalue weighted by Gasteiger charge is -2.28. The highest BCUT2D eigenvalue weighted by atomic mass is 19.4. The summed E-state index contributed by atoms with van der Waals surface area (Å²) in [7, 11) is 1.41. The van der Waals surface area contributed by atoms with E-state index in [1.165, 1.54) is 11.9 Å². The van der Waals surface area contributed by atoms with Crippen molar-refractivity contribution >= 4 is 0 Å². The molecule has 1 aliphatic rings. The first-order valence-corrected chi connectivity index (χ1v) is 4.91. The predicted molar refractivity (Wildman–Crippen MR) is 47.2 cm³/mol. The number of rotatable bonds is 3. The molecule has 1 fully saturated rings. The summed E-state index contributed by atoms with van der Waals surface area (Å²) in [6.45, 7) is -0.561. The third kappa shape index (κ3) is 3.31. The molecule has 1 aliphatic carbocycles. The number of halogens is 4. The number of aliphatic hydroxyl groups is 1. The van der Waals surface area contributed by atoms with Crippen LogP contribution >= 0.6 is 0 Å². The molecule has 0 aromatic rings. The van der Waals surface area contributed by atoms with E-state index < -0.39 is 31.0 Å². The van der Waals surface area contributed by atoms with E-state index in [-0.39, 0.29) is 0 Å². The fourth-order valence-corrected chi connectivity index (χ4v) is 1.90. The van der Waals surface area contributed by atoms with E-state index in [2.05, 4.69) is 0 Å². The van der Waals surface area contributed by atoms with Crippen molar-refractivity contribution in [2.75, 3.05) is 13.6 Å². The van der Waals surface area contributed by atoms with Crippen molar-refractivity contribution in [3.05, 3.63) is 0 Å². The quantitative estimate of drug-likeness (QED) is 0.745. The average molecular weight is 229 g/mol. The van der Waals surface area contributed by atoms with Crippen molar-refractivity contribution < 1.29 is 22.7 Å². The van der Waals surface area contributed by atoms with Gasteiger partial charge in [-0.2, -0.15) is 13.2 Å². The normalized spacial score (nSPS) is 29.8. The van der Waals surface area contributed by atoms with Crippen LogP contribution in [0.5, 0.6) is 0 Å². The van der Waals surface area contributed by atoms with E-state index in [1.807, 2.05) is 0 Å². The minimum Gasteiger partial charge on any atom is -0.382 e. The van der Waals surface area contributed by atoms with Crippen LogP contribution in [0.15, 0.2) is 0 Å². The standard InChI is InChI=1S/C9H15F4NO/c1-14(5-8(15)9(11,12)13)7-4-2-3-6(7)10/h6-8,15H,2-5H2,1H3/t6-,7-,8?/m1/s1. The summed E-state index contributed by atoms with van der Waals surface area (Å²) in [4.78, 5) is 1.26. The van der Waals surface area contributed by atoms with Gasteiger partial charge in [-0.05, 0) is 26.3 Å². The molecule has 0 aromatic carbocycles. The van der Waals surface area contributed by atoms with Crippen LogP contribution in [-0.2, 0) is 0 Å². The Bertz CT molecular complexity index is 209. The Balaban J connectivity index is 2.44. The topological polar surface area (TPSA) is 23.5 Å². The fourth-order valence-electron chi connectivity index (χ4n) is 1.90. The summed E-state index contributed by atoms with van der Waals surface area (Å²) < 4.78 is 49.3. The van der Waals surface area contributed by atoms with E-state index in [9.17, 15) is 17.6 Å². The molecule has 1 rings (SSSR count). The predicted octanol–water partition coefficient (Wildman–Crippen LogP) is 1.73. The molecule has 0 saturated heterocycles. The van der Waals surface area contributed by atoms with Crippen LogP contribution in [0.4, 0.5) is 17.6 Å². The van der Waals surface area contributed by atoms with Crippen molar-refractivity contribution in [1.29, 1.82) is 0 Å². The number of alkyl halides is 4. The third-order valence-corrected chi connectivity index (χ3v) is 2.80. The van der Waals surface area contributed by atoms with Crippen LogP contribution in [-0.4, -0.2) is 48.1 Å².